The smallest absolute Gasteiger partial charge is 0.338 e. The molecule has 1 N–H and O–H groups in total. The van der Waals surface area contributed by atoms with E-state index in [0.717, 1.165) is 5.69 Å². The third-order valence-corrected chi connectivity index (χ3v) is 4.19. The van der Waals surface area contributed by atoms with Crippen molar-refractivity contribution < 1.29 is 9.53 Å². The first-order valence-corrected chi connectivity index (χ1v) is 8.42. The molecule has 1 unspecified atom stereocenters. The molecule has 0 bridgehead atoms. The van der Waals surface area contributed by atoms with Crippen LogP contribution in [0, 0.1) is 0 Å². The first kappa shape index (κ1) is 15.6. The summed E-state index contributed by atoms with van der Waals surface area (Å²) in [5.74, 6) is 0.238. The molecule has 9 heteroatoms. The van der Waals surface area contributed by atoms with Crippen LogP contribution in [-0.2, 0) is 16.6 Å². The fourth-order valence-corrected chi connectivity index (χ4v) is 2.96. The third-order valence-electron chi connectivity index (χ3n) is 3.65. The summed E-state index contributed by atoms with van der Waals surface area (Å²) in [5.41, 5.74) is 2.07. The lowest BCUT2D eigenvalue weighted by molar-refractivity contribution is -0.139. The predicted molar refractivity (Wildman–Crippen MR) is 86.1 cm³/mol. The Hall–Kier alpha value is -2.29. The number of aryl methyl sites for hydroxylation is 1. The van der Waals surface area contributed by atoms with Gasteiger partial charge in [-0.05, 0) is 26.2 Å². The number of esters is 1. The number of fused-ring (bicyclic) bond motifs is 1. The van der Waals surface area contributed by atoms with Crippen LogP contribution in [0.2, 0.25) is 0 Å². The van der Waals surface area contributed by atoms with Crippen LogP contribution >= 0.6 is 11.8 Å². The first-order chi connectivity index (χ1) is 11.1. The van der Waals surface area contributed by atoms with E-state index in [1.165, 1.54) is 11.8 Å². The van der Waals surface area contributed by atoms with Gasteiger partial charge < -0.3 is 10.1 Å². The highest BCUT2D eigenvalue weighted by Crippen LogP contribution is 2.36. The van der Waals surface area contributed by atoms with Gasteiger partial charge in [-0.25, -0.2) is 9.48 Å². The van der Waals surface area contributed by atoms with Crippen molar-refractivity contribution in [2.24, 2.45) is 7.05 Å². The molecule has 0 fully saturated rings. The number of rotatable bonds is 4. The summed E-state index contributed by atoms with van der Waals surface area (Å²) in [6, 6.07) is 1.44. The molecule has 2 aromatic rings. The Morgan fingerprint density at radius 3 is 2.91 bits per heavy atom. The molecule has 0 saturated heterocycles. The zero-order chi connectivity index (χ0) is 16.6. The maximum atomic E-state index is 12.5. The highest BCUT2D eigenvalue weighted by atomic mass is 32.2. The summed E-state index contributed by atoms with van der Waals surface area (Å²) in [6.07, 6.45) is 3.61. The van der Waals surface area contributed by atoms with Gasteiger partial charge in [0.1, 0.15) is 6.04 Å². The summed E-state index contributed by atoms with van der Waals surface area (Å²) in [5, 5.41) is 12.5. The first-order valence-electron chi connectivity index (χ1n) is 7.20. The number of anilines is 1. The standard InChI is InChI=1S/C14H18N6O2S/c1-5-22-12(21)10-8(2)16-13-17-14(23-4)18-20(13)11(10)9-6-7-15-19(9)3/h6-7,11H,5H2,1-4H3,(H,16,17,18). The molecule has 0 amide bonds. The van der Waals surface area contributed by atoms with E-state index in [1.807, 2.05) is 26.3 Å². The van der Waals surface area contributed by atoms with Gasteiger partial charge in [-0.1, -0.05) is 11.8 Å². The maximum absolute atomic E-state index is 12.5. The van der Waals surface area contributed by atoms with Crippen molar-refractivity contribution in [3.63, 3.8) is 0 Å². The molecule has 8 nitrogen and oxygen atoms in total. The Kier molecular flexibility index (Phi) is 4.12. The molecule has 122 valence electrons. The highest BCUT2D eigenvalue weighted by molar-refractivity contribution is 7.98. The van der Waals surface area contributed by atoms with Crippen LogP contribution in [0.25, 0.3) is 0 Å². The van der Waals surface area contributed by atoms with E-state index in [1.54, 1.807) is 22.5 Å². The number of ether oxygens (including phenoxy) is 1. The van der Waals surface area contributed by atoms with E-state index >= 15 is 0 Å². The van der Waals surface area contributed by atoms with Gasteiger partial charge in [0.15, 0.2) is 0 Å². The minimum absolute atomic E-state index is 0.313. The Labute approximate surface area is 137 Å². The topological polar surface area (TPSA) is 86.9 Å². The summed E-state index contributed by atoms with van der Waals surface area (Å²) in [7, 11) is 1.83. The zero-order valence-electron chi connectivity index (χ0n) is 13.4. The average Bonchev–Trinajstić information content (AvgIpc) is 3.11. The molecule has 23 heavy (non-hydrogen) atoms. The van der Waals surface area contributed by atoms with Gasteiger partial charge in [0, 0.05) is 18.9 Å². The lowest BCUT2D eigenvalue weighted by Crippen LogP contribution is -2.30. The monoisotopic (exact) mass is 334 g/mol. The molecule has 0 saturated carbocycles. The number of hydrogen-bond acceptors (Lipinski definition) is 7. The minimum Gasteiger partial charge on any atom is -0.463 e. The van der Waals surface area contributed by atoms with Crippen LogP contribution in [0.3, 0.4) is 0 Å². The molecule has 3 heterocycles. The molecule has 0 aromatic carbocycles. The van der Waals surface area contributed by atoms with E-state index in [2.05, 4.69) is 20.5 Å². The van der Waals surface area contributed by atoms with Crippen molar-refractivity contribution >= 4 is 23.7 Å². The Morgan fingerprint density at radius 2 is 2.30 bits per heavy atom. The molecule has 2 aromatic heterocycles. The number of nitrogens with zero attached hydrogens (tertiary/aromatic N) is 5. The molecular weight excluding hydrogens is 316 g/mol. The van der Waals surface area contributed by atoms with Crippen LogP contribution in [0.4, 0.5) is 5.95 Å². The lowest BCUT2D eigenvalue weighted by atomic mass is 10.0. The molecule has 1 atom stereocenters. The summed E-state index contributed by atoms with van der Waals surface area (Å²) in [6.45, 7) is 3.94. The van der Waals surface area contributed by atoms with E-state index in [9.17, 15) is 4.79 Å². The largest absolute Gasteiger partial charge is 0.463 e. The van der Waals surface area contributed by atoms with Crippen LogP contribution in [0.15, 0.2) is 28.7 Å². The minimum atomic E-state index is -0.425. The van der Waals surface area contributed by atoms with Crippen molar-refractivity contribution in [1.29, 1.82) is 0 Å². The van der Waals surface area contributed by atoms with E-state index in [-0.39, 0.29) is 5.97 Å². The number of carbonyl (C=O) groups is 1. The quantitative estimate of drug-likeness (QED) is 0.671. The van der Waals surface area contributed by atoms with Crippen molar-refractivity contribution in [3.05, 3.63) is 29.2 Å². The molecule has 0 spiro atoms. The van der Waals surface area contributed by atoms with Crippen molar-refractivity contribution in [2.45, 2.75) is 25.0 Å². The predicted octanol–water partition coefficient (Wildman–Crippen LogP) is 1.59. The van der Waals surface area contributed by atoms with Gasteiger partial charge in [0.05, 0.1) is 17.9 Å². The van der Waals surface area contributed by atoms with Gasteiger partial charge >= 0.3 is 5.97 Å². The zero-order valence-corrected chi connectivity index (χ0v) is 14.2. The van der Waals surface area contributed by atoms with E-state index < -0.39 is 6.04 Å². The molecule has 3 rings (SSSR count). The van der Waals surface area contributed by atoms with Crippen molar-refractivity contribution in [2.75, 3.05) is 18.2 Å². The molecule has 0 radical (unpaired) electrons. The van der Waals surface area contributed by atoms with Gasteiger partial charge in [-0.15, -0.1) is 5.10 Å². The number of hydrogen-bond donors (Lipinski definition) is 1. The molecule has 1 aliphatic rings. The van der Waals surface area contributed by atoms with Crippen LogP contribution in [0.1, 0.15) is 25.6 Å². The number of nitrogens with one attached hydrogen (secondary N) is 1. The number of allylic oxidation sites excluding steroid dienone is 1. The molecular formula is C14H18N6O2S. The van der Waals surface area contributed by atoms with Crippen LogP contribution < -0.4 is 5.32 Å². The van der Waals surface area contributed by atoms with E-state index in [0.29, 0.717) is 29.0 Å². The second-order valence-corrected chi connectivity index (χ2v) is 5.81. The Morgan fingerprint density at radius 1 is 1.52 bits per heavy atom. The Balaban J connectivity index is 2.17. The Bertz CT molecular complexity index is 778. The molecule has 0 aliphatic carbocycles. The second kappa shape index (κ2) is 6.07. The van der Waals surface area contributed by atoms with E-state index in [4.69, 9.17) is 4.74 Å². The third kappa shape index (κ3) is 2.61. The van der Waals surface area contributed by atoms with Gasteiger partial charge in [-0.3, -0.25) is 4.68 Å². The van der Waals surface area contributed by atoms with Crippen LogP contribution in [0.5, 0.6) is 0 Å². The number of carbonyl (C=O) groups excluding carboxylic acids is 1. The van der Waals surface area contributed by atoms with Crippen molar-refractivity contribution in [3.8, 4) is 0 Å². The summed E-state index contributed by atoms with van der Waals surface area (Å²) >= 11 is 1.45. The average molecular weight is 334 g/mol. The molecule has 1 aliphatic heterocycles. The van der Waals surface area contributed by atoms with Gasteiger partial charge in [0.2, 0.25) is 11.1 Å². The highest BCUT2D eigenvalue weighted by Gasteiger charge is 2.36. The summed E-state index contributed by atoms with van der Waals surface area (Å²) < 4.78 is 8.67. The lowest BCUT2D eigenvalue weighted by Gasteiger charge is -2.27. The van der Waals surface area contributed by atoms with Gasteiger partial charge in [0.25, 0.3) is 0 Å². The fraction of sp³-hybridized carbons (Fsp3) is 0.429. The maximum Gasteiger partial charge on any atom is 0.338 e. The number of thioether (sulfide) groups is 1. The van der Waals surface area contributed by atoms with Crippen LogP contribution in [-0.4, -0.2) is 43.4 Å². The number of aromatic nitrogens is 5. The second-order valence-electron chi connectivity index (χ2n) is 5.03. The summed E-state index contributed by atoms with van der Waals surface area (Å²) in [4.78, 5) is 16.9. The fourth-order valence-electron chi connectivity index (χ4n) is 2.62. The van der Waals surface area contributed by atoms with Gasteiger partial charge in [-0.2, -0.15) is 10.1 Å². The van der Waals surface area contributed by atoms with Crippen molar-refractivity contribution in [1.82, 2.24) is 24.5 Å². The SMILES string of the molecule is CCOC(=O)C1=C(C)Nc2nc(SC)nn2C1c1ccnn1C. The normalized spacial score (nSPS) is 17.0.